The fraction of sp³-hybridized carbons (Fsp3) is 0.200. The van der Waals surface area contributed by atoms with Gasteiger partial charge in [0.15, 0.2) is 0 Å². The van der Waals surface area contributed by atoms with Crippen molar-refractivity contribution in [2.45, 2.75) is 6.42 Å². The van der Waals surface area contributed by atoms with E-state index in [9.17, 15) is 4.79 Å². The highest BCUT2D eigenvalue weighted by Gasteiger charge is 2.03. The number of primary amides is 1. The molecule has 0 aliphatic rings. The molecule has 1 amide bonds. The van der Waals surface area contributed by atoms with Crippen LogP contribution in [0.2, 0.25) is 0 Å². The van der Waals surface area contributed by atoms with Crippen molar-refractivity contribution in [3.05, 3.63) is 11.8 Å². The van der Waals surface area contributed by atoms with Crippen LogP contribution >= 0.6 is 0 Å². The maximum Gasteiger partial charge on any atom is 0.222 e. The van der Waals surface area contributed by atoms with Crippen LogP contribution in [-0.2, 0) is 11.2 Å². The fourth-order valence-electron chi connectivity index (χ4n) is 0.650. The molecule has 0 saturated carbocycles. The van der Waals surface area contributed by atoms with Gasteiger partial charge in [-0.15, -0.1) is 0 Å². The number of carbonyl (C=O) groups is 1. The minimum absolute atomic E-state index is 0.141. The van der Waals surface area contributed by atoms with E-state index in [-0.39, 0.29) is 6.42 Å². The molecular weight excluding hydrogens is 132 g/mol. The largest absolute Gasteiger partial charge is 0.384 e. The van der Waals surface area contributed by atoms with Crippen LogP contribution in [0.1, 0.15) is 5.56 Å². The summed E-state index contributed by atoms with van der Waals surface area (Å²) in [5.74, 6) is -0.00750. The van der Waals surface area contributed by atoms with Crippen molar-refractivity contribution in [1.29, 1.82) is 0 Å². The second-order valence-corrected chi connectivity index (χ2v) is 1.95. The Labute approximate surface area is 57.4 Å². The maximum atomic E-state index is 10.3. The summed E-state index contributed by atoms with van der Waals surface area (Å²) in [5.41, 5.74) is 10.9. The van der Waals surface area contributed by atoms with Gasteiger partial charge >= 0.3 is 0 Å². The van der Waals surface area contributed by atoms with Gasteiger partial charge in [-0.05, 0) is 0 Å². The highest BCUT2D eigenvalue weighted by Crippen LogP contribution is 2.05. The molecule has 0 radical (unpaired) electrons. The average Bonchev–Trinajstić information content (AvgIpc) is 2.15. The minimum Gasteiger partial charge on any atom is -0.384 e. The average molecular weight is 140 g/mol. The lowest BCUT2D eigenvalue weighted by Gasteiger charge is -1.91. The Morgan fingerprint density at radius 2 is 2.50 bits per heavy atom. The van der Waals surface area contributed by atoms with E-state index in [1.165, 1.54) is 6.20 Å². The van der Waals surface area contributed by atoms with Crippen LogP contribution in [-0.4, -0.2) is 16.1 Å². The van der Waals surface area contributed by atoms with Crippen LogP contribution in [0.3, 0.4) is 0 Å². The number of carbonyl (C=O) groups excluding carboxylic acids is 1. The number of nitrogens with zero attached hydrogens (tertiary/aromatic N) is 1. The van der Waals surface area contributed by atoms with Crippen molar-refractivity contribution in [3.63, 3.8) is 0 Å². The molecule has 1 aromatic rings. The molecule has 1 aromatic heterocycles. The summed E-state index contributed by atoms with van der Waals surface area (Å²) in [4.78, 5) is 10.3. The number of amides is 1. The summed E-state index contributed by atoms with van der Waals surface area (Å²) in [7, 11) is 0. The molecule has 0 aliphatic heterocycles. The predicted octanol–water partition coefficient (Wildman–Crippen LogP) is -0.980. The van der Waals surface area contributed by atoms with E-state index in [0.717, 1.165) is 0 Å². The maximum absolute atomic E-state index is 10.3. The third-order valence-electron chi connectivity index (χ3n) is 1.12. The summed E-state index contributed by atoms with van der Waals surface area (Å²) < 4.78 is 0. The van der Waals surface area contributed by atoms with Crippen LogP contribution in [0.5, 0.6) is 0 Å². The molecule has 10 heavy (non-hydrogen) atoms. The molecule has 1 heterocycles. The Balaban J connectivity index is 2.74. The van der Waals surface area contributed by atoms with E-state index in [1.54, 1.807) is 0 Å². The SMILES string of the molecule is NC(=O)Cc1cn[nH]c1N. The number of anilines is 1. The van der Waals surface area contributed by atoms with Gasteiger partial charge in [-0.3, -0.25) is 9.89 Å². The lowest BCUT2D eigenvalue weighted by Crippen LogP contribution is -2.14. The first-order valence-electron chi connectivity index (χ1n) is 2.76. The van der Waals surface area contributed by atoms with Gasteiger partial charge in [0.05, 0.1) is 12.6 Å². The van der Waals surface area contributed by atoms with Crippen molar-refractivity contribution < 1.29 is 4.79 Å². The summed E-state index contributed by atoms with van der Waals surface area (Å²) >= 11 is 0. The molecule has 5 nitrogen and oxygen atoms in total. The predicted molar refractivity (Wildman–Crippen MR) is 35.9 cm³/mol. The van der Waals surface area contributed by atoms with Crippen LogP contribution in [0, 0.1) is 0 Å². The number of hydrogen-bond donors (Lipinski definition) is 3. The molecule has 0 atom stereocenters. The number of hydrogen-bond acceptors (Lipinski definition) is 3. The third kappa shape index (κ3) is 1.25. The number of nitrogens with two attached hydrogens (primary N) is 2. The van der Waals surface area contributed by atoms with Crippen LogP contribution in [0.15, 0.2) is 6.20 Å². The van der Waals surface area contributed by atoms with Crippen molar-refractivity contribution in [2.75, 3.05) is 5.73 Å². The molecule has 5 heteroatoms. The first-order chi connectivity index (χ1) is 4.70. The molecule has 0 bridgehead atoms. The van der Waals surface area contributed by atoms with Crippen LogP contribution in [0.25, 0.3) is 0 Å². The topological polar surface area (TPSA) is 97.8 Å². The molecular formula is C5H8N4O. The summed E-state index contributed by atoms with van der Waals surface area (Å²) in [6, 6.07) is 0. The van der Waals surface area contributed by atoms with E-state index in [1.807, 2.05) is 0 Å². The summed E-state index contributed by atoms with van der Waals surface area (Å²) in [5, 5.41) is 6.11. The highest BCUT2D eigenvalue weighted by atomic mass is 16.1. The first-order valence-corrected chi connectivity index (χ1v) is 2.76. The number of nitrogens with one attached hydrogen (secondary N) is 1. The Bertz CT molecular complexity index is 242. The number of aromatic nitrogens is 2. The Morgan fingerprint density at radius 3 is 2.90 bits per heavy atom. The molecule has 1 rings (SSSR count). The Morgan fingerprint density at radius 1 is 1.80 bits per heavy atom. The van der Waals surface area contributed by atoms with Crippen molar-refractivity contribution in [3.8, 4) is 0 Å². The molecule has 0 fully saturated rings. The Hall–Kier alpha value is -1.52. The van der Waals surface area contributed by atoms with Crippen molar-refractivity contribution in [2.24, 2.45) is 5.73 Å². The van der Waals surface area contributed by atoms with Gasteiger partial charge < -0.3 is 11.5 Å². The summed E-state index contributed by atoms with van der Waals surface area (Å²) in [6.07, 6.45) is 1.63. The second-order valence-electron chi connectivity index (χ2n) is 1.95. The van der Waals surface area contributed by atoms with Crippen LogP contribution < -0.4 is 11.5 Å². The molecule has 0 unspecified atom stereocenters. The zero-order valence-electron chi connectivity index (χ0n) is 5.29. The van der Waals surface area contributed by atoms with Gasteiger partial charge in [-0.25, -0.2) is 0 Å². The fourth-order valence-corrected chi connectivity index (χ4v) is 0.650. The summed E-state index contributed by atoms with van der Waals surface area (Å²) in [6.45, 7) is 0. The zero-order chi connectivity index (χ0) is 7.56. The molecule has 0 aliphatic carbocycles. The van der Waals surface area contributed by atoms with Gasteiger partial charge in [0.2, 0.25) is 5.91 Å². The quantitative estimate of drug-likeness (QED) is 0.492. The van der Waals surface area contributed by atoms with E-state index in [0.29, 0.717) is 11.4 Å². The van der Waals surface area contributed by atoms with Gasteiger partial charge in [-0.1, -0.05) is 0 Å². The number of rotatable bonds is 2. The highest BCUT2D eigenvalue weighted by molar-refractivity contribution is 5.77. The monoisotopic (exact) mass is 140 g/mol. The minimum atomic E-state index is -0.409. The molecule has 0 aromatic carbocycles. The van der Waals surface area contributed by atoms with E-state index in [4.69, 9.17) is 11.5 Å². The smallest absolute Gasteiger partial charge is 0.222 e. The number of aromatic amines is 1. The number of H-pyrrole nitrogens is 1. The molecule has 5 N–H and O–H groups in total. The van der Waals surface area contributed by atoms with E-state index in [2.05, 4.69) is 10.2 Å². The Kier molecular flexibility index (Phi) is 1.57. The zero-order valence-corrected chi connectivity index (χ0v) is 5.29. The van der Waals surface area contributed by atoms with Crippen molar-refractivity contribution in [1.82, 2.24) is 10.2 Å². The van der Waals surface area contributed by atoms with E-state index >= 15 is 0 Å². The van der Waals surface area contributed by atoms with Crippen LogP contribution in [0.4, 0.5) is 5.82 Å². The van der Waals surface area contributed by atoms with Gasteiger partial charge in [-0.2, -0.15) is 5.10 Å². The third-order valence-corrected chi connectivity index (χ3v) is 1.12. The van der Waals surface area contributed by atoms with Crippen molar-refractivity contribution >= 4 is 11.7 Å². The lowest BCUT2D eigenvalue weighted by molar-refractivity contribution is -0.117. The van der Waals surface area contributed by atoms with Gasteiger partial charge in [0.25, 0.3) is 0 Å². The normalized spacial score (nSPS) is 9.60. The molecule has 0 saturated heterocycles. The molecule has 54 valence electrons. The standard InChI is InChI=1S/C5H8N4O/c6-4(10)1-3-2-8-9-5(3)7/h2H,1H2,(H2,6,10)(H3,7,8,9). The lowest BCUT2D eigenvalue weighted by atomic mass is 10.2. The molecule has 0 spiro atoms. The van der Waals surface area contributed by atoms with E-state index < -0.39 is 5.91 Å². The number of nitrogen functional groups attached to an aromatic ring is 1. The second kappa shape index (κ2) is 2.38. The first kappa shape index (κ1) is 6.60. The van der Waals surface area contributed by atoms with Gasteiger partial charge in [0, 0.05) is 5.56 Å². The van der Waals surface area contributed by atoms with Gasteiger partial charge in [0.1, 0.15) is 5.82 Å².